The van der Waals surface area contributed by atoms with Gasteiger partial charge in [-0.05, 0) is 62.2 Å². The summed E-state index contributed by atoms with van der Waals surface area (Å²) in [7, 11) is 3.01. The van der Waals surface area contributed by atoms with E-state index in [0.29, 0.717) is 49.1 Å². The molecule has 2 aromatic carbocycles. The normalized spacial score (nSPS) is 14.7. The molecule has 5 rings (SSSR count). The lowest BCUT2D eigenvalue weighted by Gasteiger charge is -2.26. The van der Waals surface area contributed by atoms with Crippen molar-refractivity contribution >= 4 is 45.0 Å². The van der Waals surface area contributed by atoms with Crippen LogP contribution in [0, 0.1) is 17.0 Å². The SMILES string of the molecule is CCOC(=O)C1=C(C)N=c2s/c(=C\c3ccc(-c4ccc(C)cc4[N+](=O)[O-])o3)c(=O)n2[C@@H]1c1cc(OC)c(OC)cc1Br. The Morgan fingerprint density at radius 2 is 1.88 bits per heavy atom. The second kappa shape index (κ2) is 12.0. The number of carbonyl (C=O) groups excluding carboxylic acids is 1. The van der Waals surface area contributed by atoms with Crippen LogP contribution in [0.5, 0.6) is 11.5 Å². The first-order valence-electron chi connectivity index (χ1n) is 13.0. The van der Waals surface area contributed by atoms with Gasteiger partial charge in [-0.15, -0.1) is 0 Å². The lowest BCUT2D eigenvalue weighted by molar-refractivity contribution is -0.384. The molecule has 1 aliphatic heterocycles. The Hall–Kier alpha value is -4.49. The zero-order valence-electron chi connectivity index (χ0n) is 23.8. The number of nitro groups is 1. The molecule has 0 aliphatic carbocycles. The fourth-order valence-corrected chi connectivity index (χ4v) is 6.44. The second-order valence-corrected chi connectivity index (χ2v) is 11.4. The zero-order chi connectivity index (χ0) is 31.0. The highest BCUT2D eigenvalue weighted by atomic mass is 79.9. The maximum atomic E-state index is 14.0. The first kappa shape index (κ1) is 30.0. The van der Waals surface area contributed by atoms with Crippen LogP contribution < -0.4 is 24.4 Å². The molecule has 0 N–H and O–H groups in total. The number of hydrogen-bond donors (Lipinski definition) is 0. The summed E-state index contributed by atoms with van der Waals surface area (Å²) in [6.07, 6.45) is 1.55. The van der Waals surface area contributed by atoms with Crippen molar-refractivity contribution in [3.05, 3.63) is 105 Å². The van der Waals surface area contributed by atoms with Crippen LogP contribution in [0.4, 0.5) is 5.69 Å². The number of benzene rings is 2. The van der Waals surface area contributed by atoms with E-state index in [0.717, 1.165) is 16.9 Å². The van der Waals surface area contributed by atoms with Crippen LogP contribution in [-0.2, 0) is 9.53 Å². The van der Waals surface area contributed by atoms with Crippen molar-refractivity contribution in [1.82, 2.24) is 4.57 Å². The molecule has 222 valence electrons. The molecule has 4 aromatic rings. The number of nitrogens with zero attached hydrogens (tertiary/aromatic N) is 3. The van der Waals surface area contributed by atoms with Crippen LogP contribution in [0.2, 0.25) is 0 Å². The van der Waals surface area contributed by atoms with Crippen molar-refractivity contribution in [2.24, 2.45) is 4.99 Å². The van der Waals surface area contributed by atoms with Crippen molar-refractivity contribution in [3.63, 3.8) is 0 Å². The molecular formula is C30H26BrN3O8S. The van der Waals surface area contributed by atoms with Gasteiger partial charge < -0.3 is 18.6 Å². The van der Waals surface area contributed by atoms with E-state index in [1.165, 1.54) is 24.9 Å². The minimum Gasteiger partial charge on any atom is -0.493 e. The van der Waals surface area contributed by atoms with E-state index in [4.69, 9.17) is 18.6 Å². The quantitative estimate of drug-likeness (QED) is 0.145. The lowest BCUT2D eigenvalue weighted by atomic mass is 9.95. The molecule has 2 aromatic heterocycles. The first-order valence-corrected chi connectivity index (χ1v) is 14.6. The Balaban J connectivity index is 1.68. The third-order valence-electron chi connectivity index (χ3n) is 6.83. The predicted molar refractivity (Wildman–Crippen MR) is 163 cm³/mol. The van der Waals surface area contributed by atoms with Crippen LogP contribution in [0.3, 0.4) is 0 Å². The van der Waals surface area contributed by atoms with Gasteiger partial charge in [0.2, 0.25) is 0 Å². The second-order valence-electron chi connectivity index (χ2n) is 9.51. The number of nitro benzene ring substituents is 1. The average Bonchev–Trinajstić information content (AvgIpc) is 3.56. The summed E-state index contributed by atoms with van der Waals surface area (Å²) in [5.74, 6) is 0.888. The number of ether oxygens (including phenoxy) is 3. The summed E-state index contributed by atoms with van der Waals surface area (Å²) in [6.45, 7) is 5.30. The largest absolute Gasteiger partial charge is 0.493 e. The first-order chi connectivity index (χ1) is 20.6. The molecule has 0 amide bonds. The fraction of sp³-hybridized carbons (Fsp3) is 0.233. The van der Waals surface area contributed by atoms with E-state index in [2.05, 4.69) is 20.9 Å². The molecule has 11 nitrogen and oxygen atoms in total. The van der Waals surface area contributed by atoms with Gasteiger partial charge in [-0.3, -0.25) is 19.5 Å². The molecule has 13 heteroatoms. The zero-order valence-corrected chi connectivity index (χ0v) is 26.2. The summed E-state index contributed by atoms with van der Waals surface area (Å²) in [5.41, 5.74) is 1.76. The van der Waals surface area contributed by atoms with Gasteiger partial charge in [0.1, 0.15) is 11.5 Å². The molecule has 0 saturated heterocycles. The van der Waals surface area contributed by atoms with E-state index >= 15 is 0 Å². The Morgan fingerprint density at radius 3 is 2.56 bits per heavy atom. The number of aryl methyl sites for hydroxylation is 1. The fourth-order valence-electron chi connectivity index (χ4n) is 4.87. The Bertz CT molecular complexity index is 1990. The monoisotopic (exact) mass is 667 g/mol. The molecule has 0 bridgehead atoms. The minimum absolute atomic E-state index is 0.0808. The molecule has 1 aliphatic rings. The third kappa shape index (κ3) is 5.53. The maximum absolute atomic E-state index is 14.0. The average molecular weight is 669 g/mol. The van der Waals surface area contributed by atoms with Crippen molar-refractivity contribution < 1.29 is 28.3 Å². The number of allylic oxidation sites excluding steroid dienone is 1. The van der Waals surface area contributed by atoms with Gasteiger partial charge in [0, 0.05) is 16.6 Å². The van der Waals surface area contributed by atoms with E-state index in [-0.39, 0.29) is 22.4 Å². The molecule has 1 atom stereocenters. The third-order valence-corrected chi connectivity index (χ3v) is 8.50. The molecule has 0 fully saturated rings. The number of fused-ring (bicyclic) bond motifs is 1. The summed E-state index contributed by atoms with van der Waals surface area (Å²) >= 11 is 4.71. The number of esters is 1. The summed E-state index contributed by atoms with van der Waals surface area (Å²) < 4.78 is 24.6. The van der Waals surface area contributed by atoms with Gasteiger partial charge in [-0.2, -0.15) is 0 Å². The van der Waals surface area contributed by atoms with Crippen LogP contribution in [0.15, 0.2) is 72.4 Å². The highest BCUT2D eigenvalue weighted by Crippen LogP contribution is 2.41. The predicted octanol–water partition coefficient (Wildman–Crippen LogP) is 5.05. The molecule has 0 saturated carbocycles. The number of carbonyl (C=O) groups is 1. The van der Waals surface area contributed by atoms with Gasteiger partial charge >= 0.3 is 5.97 Å². The van der Waals surface area contributed by atoms with Gasteiger partial charge in [-0.1, -0.05) is 33.3 Å². The van der Waals surface area contributed by atoms with E-state index in [9.17, 15) is 19.7 Å². The number of rotatable bonds is 8. The standard InChI is InChI=1S/C30H26BrN3O8S/c1-6-41-29(36)26-16(3)32-30-33(27(26)19-13-23(39-4)24(40-5)14-20(19)31)28(35)25(43-30)12-17-8-10-22(42-17)18-9-7-15(2)11-21(18)34(37)38/h7-14,27H,6H2,1-5H3/b25-12-/t27-/m1/s1. The van der Waals surface area contributed by atoms with Crippen molar-refractivity contribution in [2.45, 2.75) is 26.8 Å². The highest BCUT2D eigenvalue weighted by molar-refractivity contribution is 9.10. The van der Waals surface area contributed by atoms with Crippen LogP contribution in [-0.4, -0.2) is 36.3 Å². The van der Waals surface area contributed by atoms with Gasteiger partial charge in [-0.25, -0.2) is 9.79 Å². The smallest absolute Gasteiger partial charge is 0.338 e. The Kier molecular flexibility index (Phi) is 8.38. The van der Waals surface area contributed by atoms with Crippen molar-refractivity contribution in [2.75, 3.05) is 20.8 Å². The van der Waals surface area contributed by atoms with Crippen LogP contribution >= 0.6 is 27.3 Å². The lowest BCUT2D eigenvalue weighted by Crippen LogP contribution is -2.40. The summed E-state index contributed by atoms with van der Waals surface area (Å²) in [6, 6.07) is 10.6. The summed E-state index contributed by atoms with van der Waals surface area (Å²) in [5, 5.41) is 11.6. The Labute approximate surface area is 257 Å². The molecule has 3 heterocycles. The van der Waals surface area contributed by atoms with Crippen LogP contribution in [0.25, 0.3) is 17.4 Å². The topological polar surface area (TPSA) is 135 Å². The van der Waals surface area contributed by atoms with Gasteiger partial charge in [0.25, 0.3) is 11.2 Å². The number of methoxy groups -OCH3 is 2. The number of thiazole rings is 1. The molecule has 43 heavy (non-hydrogen) atoms. The van der Waals surface area contributed by atoms with Crippen molar-refractivity contribution in [1.29, 1.82) is 0 Å². The summed E-state index contributed by atoms with van der Waals surface area (Å²) in [4.78, 5) is 43.4. The van der Waals surface area contributed by atoms with Gasteiger partial charge in [0.05, 0.1) is 53.2 Å². The maximum Gasteiger partial charge on any atom is 0.338 e. The number of aromatic nitrogens is 1. The Morgan fingerprint density at radius 1 is 1.16 bits per heavy atom. The molecule has 0 spiro atoms. The van der Waals surface area contributed by atoms with Crippen molar-refractivity contribution in [3.8, 4) is 22.8 Å². The number of halogens is 1. The van der Waals surface area contributed by atoms with E-state index in [1.54, 1.807) is 63.2 Å². The number of furan rings is 1. The number of hydrogen-bond acceptors (Lipinski definition) is 10. The minimum atomic E-state index is -0.894. The van der Waals surface area contributed by atoms with E-state index < -0.39 is 22.5 Å². The highest BCUT2D eigenvalue weighted by Gasteiger charge is 2.35. The molecule has 0 radical (unpaired) electrons. The van der Waals surface area contributed by atoms with Gasteiger partial charge in [0.15, 0.2) is 16.3 Å². The van der Waals surface area contributed by atoms with Crippen LogP contribution in [0.1, 0.15) is 36.8 Å². The molecule has 0 unspecified atom stereocenters. The molecular weight excluding hydrogens is 642 g/mol. The van der Waals surface area contributed by atoms with E-state index in [1.807, 2.05) is 0 Å².